The van der Waals surface area contributed by atoms with E-state index in [1.54, 1.807) is 18.2 Å². The van der Waals surface area contributed by atoms with Crippen LogP contribution < -0.4 is 16.0 Å². The molecule has 0 aliphatic carbocycles. The van der Waals surface area contributed by atoms with Crippen LogP contribution in [0.25, 0.3) is 0 Å². The van der Waals surface area contributed by atoms with Gasteiger partial charge in [0, 0.05) is 23.5 Å². The van der Waals surface area contributed by atoms with Gasteiger partial charge in [0.2, 0.25) is 5.91 Å². The number of nitrogens with one attached hydrogen (secondary N) is 3. The van der Waals surface area contributed by atoms with Crippen LogP contribution >= 0.6 is 0 Å². The van der Waals surface area contributed by atoms with Gasteiger partial charge >= 0.3 is 0 Å². The van der Waals surface area contributed by atoms with Crippen LogP contribution in [-0.2, 0) is 4.79 Å². The first-order valence-corrected chi connectivity index (χ1v) is 8.49. The quantitative estimate of drug-likeness (QED) is 0.723. The molecule has 0 radical (unpaired) electrons. The molecule has 0 aromatic heterocycles. The topological polar surface area (TPSA) is 70.2 Å². The largest absolute Gasteiger partial charge is 0.376 e. The third-order valence-electron chi connectivity index (χ3n) is 3.78. The standard InChI is InChI=1S/C20H25N3O2/c1-4-10-21-20(25)16-6-5-7-17(12-16)22-13-19(24)23-18-11-14(2)8-9-15(18)3/h5-9,11-12,22H,4,10,13H2,1-3H3,(H,21,25)(H,23,24). The first-order chi connectivity index (χ1) is 12.0. The zero-order valence-electron chi connectivity index (χ0n) is 15.0. The monoisotopic (exact) mass is 339 g/mol. The number of aryl methyl sites for hydroxylation is 2. The van der Waals surface area contributed by atoms with E-state index in [0.29, 0.717) is 12.1 Å². The lowest BCUT2D eigenvalue weighted by molar-refractivity contribution is -0.114. The highest BCUT2D eigenvalue weighted by Gasteiger charge is 2.07. The molecule has 0 atom stereocenters. The summed E-state index contributed by atoms with van der Waals surface area (Å²) < 4.78 is 0. The Labute approximate surface area is 148 Å². The molecule has 0 saturated heterocycles. The number of hydrogen-bond acceptors (Lipinski definition) is 3. The minimum atomic E-state index is -0.130. The van der Waals surface area contributed by atoms with E-state index in [0.717, 1.165) is 28.9 Å². The summed E-state index contributed by atoms with van der Waals surface area (Å²) in [6.07, 6.45) is 0.891. The number of anilines is 2. The molecule has 5 nitrogen and oxygen atoms in total. The maximum Gasteiger partial charge on any atom is 0.251 e. The van der Waals surface area contributed by atoms with Crippen LogP contribution in [-0.4, -0.2) is 24.9 Å². The van der Waals surface area contributed by atoms with Crippen LogP contribution in [0.15, 0.2) is 42.5 Å². The van der Waals surface area contributed by atoms with Crippen LogP contribution in [0.4, 0.5) is 11.4 Å². The number of rotatable bonds is 7. The summed E-state index contributed by atoms with van der Waals surface area (Å²) >= 11 is 0. The summed E-state index contributed by atoms with van der Waals surface area (Å²) in [4.78, 5) is 24.1. The van der Waals surface area contributed by atoms with Crippen molar-refractivity contribution in [3.63, 3.8) is 0 Å². The summed E-state index contributed by atoms with van der Waals surface area (Å²) in [7, 11) is 0. The average molecular weight is 339 g/mol. The van der Waals surface area contributed by atoms with Crippen LogP contribution in [0.2, 0.25) is 0 Å². The van der Waals surface area contributed by atoms with E-state index in [4.69, 9.17) is 0 Å². The molecule has 0 bridgehead atoms. The smallest absolute Gasteiger partial charge is 0.251 e. The third-order valence-corrected chi connectivity index (χ3v) is 3.78. The third kappa shape index (κ3) is 5.64. The number of hydrogen-bond donors (Lipinski definition) is 3. The Morgan fingerprint density at radius 1 is 1.04 bits per heavy atom. The zero-order valence-corrected chi connectivity index (χ0v) is 15.0. The van der Waals surface area contributed by atoms with Crippen molar-refractivity contribution in [1.82, 2.24) is 5.32 Å². The molecule has 0 unspecified atom stereocenters. The molecular weight excluding hydrogens is 314 g/mol. The first kappa shape index (κ1) is 18.5. The van der Waals surface area contributed by atoms with Gasteiger partial charge in [-0.05, 0) is 55.7 Å². The molecule has 0 fully saturated rings. The molecule has 0 saturated carbocycles. The lowest BCUT2D eigenvalue weighted by Gasteiger charge is -2.11. The second-order valence-corrected chi connectivity index (χ2v) is 6.06. The molecule has 132 valence electrons. The number of carbonyl (C=O) groups is 2. The average Bonchev–Trinajstić information content (AvgIpc) is 2.61. The predicted octanol–water partition coefficient (Wildman–Crippen LogP) is 3.49. The highest BCUT2D eigenvalue weighted by molar-refractivity contribution is 5.96. The minimum absolute atomic E-state index is 0.106. The van der Waals surface area contributed by atoms with Crippen molar-refractivity contribution in [2.45, 2.75) is 27.2 Å². The zero-order chi connectivity index (χ0) is 18.2. The van der Waals surface area contributed by atoms with Gasteiger partial charge in [0.05, 0.1) is 6.54 Å². The Balaban J connectivity index is 1.93. The van der Waals surface area contributed by atoms with E-state index in [2.05, 4.69) is 16.0 Å². The van der Waals surface area contributed by atoms with E-state index < -0.39 is 0 Å². The van der Waals surface area contributed by atoms with Crippen molar-refractivity contribution < 1.29 is 9.59 Å². The van der Waals surface area contributed by atoms with Gasteiger partial charge < -0.3 is 16.0 Å². The Bertz CT molecular complexity index is 756. The van der Waals surface area contributed by atoms with Gasteiger partial charge in [0.25, 0.3) is 5.91 Å². The number of carbonyl (C=O) groups excluding carboxylic acids is 2. The van der Waals surface area contributed by atoms with Gasteiger partial charge in [-0.15, -0.1) is 0 Å². The molecule has 5 heteroatoms. The van der Waals surface area contributed by atoms with Gasteiger partial charge in [-0.1, -0.05) is 25.1 Å². The Hall–Kier alpha value is -2.82. The van der Waals surface area contributed by atoms with Crippen molar-refractivity contribution in [3.8, 4) is 0 Å². The second-order valence-electron chi connectivity index (χ2n) is 6.06. The summed E-state index contributed by atoms with van der Waals surface area (Å²) in [5.74, 6) is -0.236. The van der Waals surface area contributed by atoms with Crippen molar-refractivity contribution in [2.75, 3.05) is 23.7 Å². The van der Waals surface area contributed by atoms with Gasteiger partial charge in [-0.3, -0.25) is 9.59 Å². The molecule has 2 aromatic rings. The van der Waals surface area contributed by atoms with Crippen molar-refractivity contribution in [2.24, 2.45) is 0 Å². The van der Waals surface area contributed by atoms with E-state index >= 15 is 0 Å². The van der Waals surface area contributed by atoms with Crippen LogP contribution in [0, 0.1) is 13.8 Å². The molecule has 2 rings (SSSR count). The Morgan fingerprint density at radius 2 is 1.84 bits per heavy atom. The Kier molecular flexibility index (Phi) is 6.57. The summed E-state index contributed by atoms with van der Waals surface area (Å²) in [5.41, 5.74) is 4.25. The molecular formula is C20H25N3O2. The van der Waals surface area contributed by atoms with Gasteiger partial charge in [0.1, 0.15) is 0 Å². The van der Waals surface area contributed by atoms with Crippen LogP contribution in [0.5, 0.6) is 0 Å². The van der Waals surface area contributed by atoms with E-state index in [9.17, 15) is 9.59 Å². The fourth-order valence-electron chi connectivity index (χ4n) is 2.36. The van der Waals surface area contributed by atoms with Crippen LogP contribution in [0.3, 0.4) is 0 Å². The highest BCUT2D eigenvalue weighted by Crippen LogP contribution is 2.16. The Morgan fingerprint density at radius 3 is 2.60 bits per heavy atom. The minimum Gasteiger partial charge on any atom is -0.376 e. The molecule has 0 aliphatic rings. The van der Waals surface area contributed by atoms with E-state index in [1.807, 2.05) is 45.0 Å². The number of benzene rings is 2. The molecule has 0 aliphatic heterocycles. The lowest BCUT2D eigenvalue weighted by Crippen LogP contribution is -2.24. The molecule has 25 heavy (non-hydrogen) atoms. The molecule has 2 aromatic carbocycles. The van der Waals surface area contributed by atoms with Gasteiger partial charge in [-0.2, -0.15) is 0 Å². The maximum atomic E-state index is 12.2. The first-order valence-electron chi connectivity index (χ1n) is 8.49. The maximum absolute atomic E-state index is 12.2. The highest BCUT2D eigenvalue weighted by atomic mass is 16.2. The SMILES string of the molecule is CCCNC(=O)c1cccc(NCC(=O)Nc2cc(C)ccc2C)c1. The van der Waals surface area contributed by atoms with Gasteiger partial charge in [0.15, 0.2) is 0 Å². The molecule has 2 amide bonds. The normalized spacial score (nSPS) is 10.2. The van der Waals surface area contributed by atoms with Gasteiger partial charge in [-0.25, -0.2) is 0 Å². The molecule has 0 heterocycles. The van der Waals surface area contributed by atoms with E-state index in [1.165, 1.54) is 0 Å². The van der Waals surface area contributed by atoms with Crippen molar-refractivity contribution >= 4 is 23.2 Å². The van der Waals surface area contributed by atoms with Crippen molar-refractivity contribution in [3.05, 3.63) is 59.2 Å². The lowest BCUT2D eigenvalue weighted by atomic mass is 10.1. The fourth-order valence-corrected chi connectivity index (χ4v) is 2.36. The molecule has 3 N–H and O–H groups in total. The van der Waals surface area contributed by atoms with E-state index in [-0.39, 0.29) is 18.4 Å². The van der Waals surface area contributed by atoms with Crippen molar-refractivity contribution in [1.29, 1.82) is 0 Å². The predicted molar refractivity (Wildman–Crippen MR) is 102 cm³/mol. The number of amides is 2. The fraction of sp³-hybridized carbons (Fsp3) is 0.300. The van der Waals surface area contributed by atoms with Crippen LogP contribution in [0.1, 0.15) is 34.8 Å². The molecule has 0 spiro atoms. The summed E-state index contributed by atoms with van der Waals surface area (Å²) in [5, 5.41) is 8.80. The summed E-state index contributed by atoms with van der Waals surface area (Å²) in [6, 6.07) is 13.1. The summed E-state index contributed by atoms with van der Waals surface area (Å²) in [6.45, 7) is 6.73. The second kappa shape index (κ2) is 8.87.